The minimum absolute atomic E-state index is 0.286. The van der Waals surface area contributed by atoms with E-state index in [4.69, 9.17) is 0 Å². The summed E-state index contributed by atoms with van der Waals surface area (Å²) in [6.45, 7) is 9.26. The van der Waals surface area contributed by atoms with Crippen molar-refractivity contribution in [1.29, 1.82) is 0 Å². The number of hydrogen-bond acceptors (Lipinski definition) is 3. The average molecular weight is 211 g/mol. The smallest absolute Gasteiger partial charge is 0.221 e. The molecule has 0 aromatic carbocycles. The van der Waals surface area contributed by atoms with Crippen molar-refractivity contribution >= 4 is 5.78 Å². The van der Waals surface area contributed by atoms with Gasteiger partial charge in [0.25, 0.3) is 0 Å². The molecule has 0 aliphatic rings. The van der Waals surface area contributed by atoms with Crippen molar-refractivity contribution < 1.29 is 9.90 Å². The van der Waals surface area contributed by atoms with E-state index in [1.54, 1.807) is 32.1 Å². The van der Waals surface area contributed by atoms with Crippen molar-refractivity contribution in [2.45, 2.75) is 20.8 Å². The third kappa shape index (κ3) is 10.4. The van der Waals surface area contributed by atoms with Crippen molar-refractivity contribution in [3.63, 3.8) is 0 Å². The molecular formula is C12H21NO2. The van der Waals surface area contributed by atoms with Crippen molar-refractivity contribution in [3.05, 3.63) is 36.3 Å². The Bertz CT molecular complexity index is 263. The molecule has 0 heterocycles. The molecule has 0 amide bonds. The van der Waals surface area contributed by atoms with E-state index in [-0.39, 0.29) is 5.76 Å². The van der Waals surface area contributed by atoms with Crippen LogP contribution in [-0.2, 0) is 4.79 Å². The van der Waals surface area contributed by atoms with Gasteiger partial charge in [0, 0.05) is 26.4 Å². The number of carbonyl (C=O) groups is 1. The van der Waals surface area contributed by atoms with Crippen molar-refractivity contribution in [2.75, 3.05) is 14.1 Å². The lowest BCUT2D eigenvalue weighted by Crippen LogP contribution is -2.04. The highest BCUT2D eigenvalue weighted by atomic mass is 16.3. The molecule has 0 aromatic heterocycles. The summed E-state index contributed by atoms with van der Waals surface area (Å²) in [5.41, 5.74) is 0.643. The molecule has 0 rings (SSSR count). The normalized spacial score (nSPS) is 10.6. The molecule has 1 N–H and O–H groups in total. The highest BCUT2D eigenvalue weighted by molar-refractivity contribution is 6.02. The highest BCUT2D eigenvalue weighted by Crippen LogP contribution is 1.98. The highest BCUT2D eigenvalue weighted by Gasteiger charge is 2.01. The van der Waals surface area contributed by atoms with Gasteiger partial charge in [-0.2, -0.15) is 0 Å². The lowest BCUT2D eigenvalue weighted by molar-refractivity contribution is -0.113. The first-order valence-electron chi connectivity index (χ1n) is 4.88. The van der Waals surface area contributed by atoms with Gasteiger partial charge in [-0.1, -0.05) is 26.0 Å². The van der Waals surface area contributed by atoms with E-state index in [2.05, 4.69) is 6.58 Å². The Morgan fingerprint density at radius 2 is 1.80 bits per heavy atom. The van der Waals surface area contributed by atoms with Crippen LogP contribution in [0, 0.1) is 0 Å². The monoisotopic (exact) mass is 211 g/mol. The standard InChI is InChI=1S/C10H15NO2.C2H6/c1-8(2)7-10(13)9(12)5-6-11(3)4;1-2/h5-7,13H,1H2,2-4H3;1-2H3/b6-5+,10-7-;. The Morgan fingerprint density at radius 1 is 1.33 bits per heavy atom. The summed E-state index contributed by atoms with van der Waals surface area (Å²) in [7, 11) is 3.59. The largest absolute Gasteiger partial charge is 0.504 e. The molecule has 0 saturated heterocycles. The van der Waals surface area contributed by atoms with E-state index in [1.165, 1.54) is 12.2 Å². The minimum Gasteiger partial charge on any atom is -0.504 e. The van der Waals surface area contributed by atoms with E-state index in [9.17, 15) is 9.90 Å². The molecule has 0 unspecified atom stereocenters. The van der Waals surface area contributed by atoms with Crippen LogP contribution in [0.2, 0.25) is 0 Å². The van der Waals surface area contributed by atoms with Gasteiger partial charge in [-0.25, -0.2) is 0 Å². The average Bonchev–Trinajstić information content (AvgIpc) is 2.16. The summed E-state index contributed by atoms with van der Waals surface area (Å²) in [4.78, 5) is 12.8. The molecule has 3 heteroatoms. The Kier molecular flexibility index (Phi) is 9.63. The Morgan fingerprint density at radius 3 is 2.13 bits per heavy atom. The maximum atomic E-state index is 11.1. The maximum Gasteiger partial charge on any atom is 0.221 e. The molecule has 15 heavy (non-hydrogen) atoms. The second kappa shape index (κ2) is 9.06. The number of allylic oxidation sites excluding steroid dienone is 3. The molecule has 0 atom stereocenters. The molecule has 0 radical (unpaired) electrons. The summed E-state index contributed by atoms with van der Waals surface area (Å²) in [6.07, 6.45) is 4.21. The van der Waals surface area contributed by atoms with Crippen molar-refractivity contribution in [1.82, 2.24) is 4.90 Å². The predicted octanol–water partition coefficient (Wildman–Crippen LogP) is 2.68. The fourth-order valence-electron chi connectivity index (χ4n) is 0.607. The van der Waals surface area contributed by atoms with Crippen LogP contribution in [-0.4, -0.2) is 29.9 Å². The summed E-state index contributed by atoms with van der Waals surface area (Å²) in [6, 6.07) is 0. The molecule has 0 bridgehead atoms. The van der Waals surface area contributed by atoms with Crippen molar-refractivity contribution in [2.24, 2.45) is 0 Å². The van der Waals surface area contributed by atoms with Crippen LogP contribution in [0.15, 0.2) is 36.3 Å². The van der Waals surface area contributed by atoms with Gasteiger partial charge in [0.05, 0.1) is 0 Å². The third-order valence-corrected chi connectivity index (χ3v) is 1.16. The Labute approximate surface area is 92.4 Å². The lowest BCUT2D eigenvalue weighted by atomic mass is 10.2. The number of ketones is 1. The number of hydrogen-bond donors (Lipinski definition) is 1. The van der Waals surface area contributed by atoms with Crippen molar-refractivity contribution in [3.8, 4) is 0 Å². The van der Waals surface area contributed by atoms with E-state index in [0.717, 1.165) is 0 Å². The molecule has 86 valence electrons. The van der Waals surface area contributed by atoms with Crippen LogP contribution in [0.1, 0.15) is 20.8 Å². The number of rotatable bonds is 4. The molecule has 0 saturated carbocycles. The third-order valence-electron chi connectivity index (χ3n) is 1.16. The van der Waals surface area contributed by atoms with E-state index in [1.807, 2.05) is 13.8 Å². The molecular weight excluding hydrogens is 190 g/mol. The fourth-order valence-corrected chi connectivity index (χ4v) is 0.607. The first kappa shape index (κ1) is 15.9. The topological polar surface area (TPSA) is 40.5 Å². The zero-order chi connectivity index (χ0) is 12.4. The zero-order valence-corrected chi connectivity index (χ0v) is 10.2. The second-order valence-corrected chi connectivity index (χ2v) is 3.02. The van der Waals surface area contributed by atoms with Crippen LogP contribution >= 0.6 is 0 Å². The molecule has 0 aliphatic heterocycles. The van der Waals surface area contributed by atoms with Crippen LogP contribution in [0.5, 0.6) is 0 Å². The molecule has 0 aromatic rings. The fraction of sp³-hybridized carbons (Fsp3) is 0.417. The number of nitrogens with zero attached hydrogens (tertiary/aromatic N) is 1. The van der Waals surface area contributed by atoms with Gasteiger partial charge in [-0.3, -0.25) is 4.79 Å². The quantitative estimate of drug-likeness (QED) is 0.441. The van der Waals surface area contributed by atoms with Gasteiger partial charge < -0.3 is 10.0 Å². The van der Waals surface area contributed by atoms with Crippen LogP contribution in [0.4, 0.5) is 0 Å². The van der Waals surface area contributed by atoms with Gasteiger partial charge in [0.1, 0.15) is 0 Å². The summed E-state index contributed by atoms with van der Waals surface area (Å²) < 4.78 is 0. The number of aliphatic hydroxyl groups is 1. The summed E-state index contributed by atoms with van der Waals surface area (Å²) >= 11 is 0. The molecule has 0 aliphatic carbocycles. The number of carbonyl (C=O) groups excluding carboxylic acids is 1. The Balaban J connectivity index is 0. The first-order chi connectivity index (χ1) is 6.93. The molecule has 0 fully saturated rings. The predicted molar refractivity (Wildman–Crippen MR) is 64.7 cm³/mol. The summed E-state index contributed by atoms with van der Waals surface area (Å²) in [5.74, 6) is -0.706. The lowest BCUT2D eigenvalue weighted by Gasteiger charge is -2.02. The van der Waals surface area contributed by atoms with Gasteiger partial charge >= 0.3 is 0 Å². The van der Waals surface area contributed by atoms with E-state index >= 15 is 0 Å². The first-order valence-corrected chi connectivity index (χ1v) is 4.88. The van der Waals surface area contributed by atoms with Gasteiger partial charge in [-0.05, 0) is 13.0 Å². The van der Waals surface area contributed by atoms with Crippen LogP contribution in [0.25, 0.3) is 0 Å². The molecule has 0 spiro atoms. The van der Waals surface area contributed by atoms with Gasteiger partial charge in [0.15, 0.2) is 5.76 Å². The number of aliphatic hydroxyl groups excluding tert-OH is 1. The molecule has 3 nitrogen and oxygen atoms in total. The van der Waals surface area contributed by atoms with Gasteiger partial charge in [-0.15, -0.1) is 0 Å². The Hall–Kier alpha value is -1.51. The zero-order valence-electron chi connectivity index (χ0n) is 10.2. The van der Waals surface area contributed by atoms with E-state index < -0.39 is 5.78 Å². The van der Waals surface area contributed by atoms with Crippen LogP contribution < -0.4 is 0 Å². The minimum atomic E-state index is -0.420. The van der Waals surface area contributed by atoms with Crippen LogP contribution in [0.3, 0.4) is 0 Å². The summed E-state index contributed by atoms with van der Waals surface area (Å²) in [5, 5.41) is 9.18. The van der Waals surface area contributed by atoms with E-state index in [0.29, 0.717) is 5.57 Å². The van der Waals surface area contributed by atoms with Gasteiger partial charge in [0.2, 0.25) is 5.78 Å². The SMILES string of the molecule is C=C(C)/C=C(\O)C(=O)/C=C/N(C)C.CC. The maximum absolute atomic E-state index is 11.1. The second-order valence-electron chi connectivity index (χ2n) is 3.02.